The van der Waals surface area contributed by atoms with Crippen LogP contribution in [0.5, 0.6) is 0 Å². The van der Waals surface area contributed by atoms with Crippen LogP contribution in [0.1, 0.15) is 19.3 Å². The molecule has 7 heteroatoms. The number of fused-ring (bicyclic) bond motifs is 1. The zero-order valence-electron chi connectivity index (χ0n) is 9.37. The predicted octanol–water partition coefficient (Wildman–Crippen LogP) is 0.352. The number of aromatic amines is 1. The Kier molecular flexibility index (Phi) is 2.68. The van der Waals surface area contributed by atoms with Gasteiger partial charge in [-0.1, -0.05) is 0 Å². The van der Waals surface area contributed by atoms with Gasteiger partial charge in [-0.3, -0.25) is 0 Å². The molecule has 0 amide bonds. The van der Waals surface area contributed by atoms with Gasteiger partial charge in [0.25, 0.3) is 10.0 Å². The number of aromatic nitrogens is 2. The average molecular weight is 257 g/mol. The van der Waals surface area contributed by atoms with Crippen LogP contribution in [0.3, 0.4) is 0 Å². The van der Waals surface area contributed by atoms with E-state index < -0.39 is 10.0 Å². The molecule has 0 bridgehead atoms. The molecule has 1 aliphatic carbocycles. The van der Waals surface area contributed by atoms with Gasteiger partial charge in [0.1, 0.15) is 0 Å². The van der Waals surface area contributed by atoms with Crippen molar-refractivity contribution in [3.8, 4) is 0 Å². The van der Waals surface area contributed by atoms with E-state index in [9.17, 15) is 8.42 Å². The number of morpholine rings is 1. The zero-order valence-corrected chi connectivity index (χ0v) is 10.2. The van der Waals surface area contributed by atoms with Crippen molar-refractivity contribution in [3.05, 3.63) is 12.5 Å². The molecule has 1 saturated heterocycles. The predicted molar refractivity (Wildman–Crippen MR) is 59.9 cm³/mol. The first-order valence-electron chi connectivity index (χ1n) is 5.81. The summed E-state index contributed by atoms with van der Waals surface area (Å²) in [5.41, 5.74) is 0. The first-order chi connectivity index (χ1) is 8.19. The largest absolute Gasteiger partial charge is 0.375 e. The van der Waals surface area contributed by atoms with Crippen LogP contribution in [0.2, 0.25) is 0 Å². The number of nitrogens with zero attached hydrogens (tertiary/aromatic N) is 2. The molecule has 1 N–H and O–H groups in total. The van der Waals surface area contributed by atoms with E-state index in [4.69, 9.17) is 4.74 Å². The Balaban J connectivity index is 1.93. The van der Waals surface area contributed by atoms with E-state index in [1.165, 1.54) is 12.5 Å². The van der Waals surface area contributed by atoms with E-state index in [0.717, 1.165) is 19.3 Å². The smallest absolute Gasteiger partial charge is 0.260 e. The molecule has 2 heterocycles. The van der Waals surface area contributed by atoms with Gasteiger partial charge in [0.15, 0.2) is 5.03 Å². The summed E-state index contributed by atoms with van der Waals surface area (Å²) in [5, 5.41) is 0.171. The molecule has 2 atom stereocenters. The van der Waals surface area contributed by atoms with Gasteiger partial charge in [0.2, 0.25) is 0 Å². The average Bonchev–Trinajstić information content (AvgIpc) is 2.99. The van der Waals surface area contributed by atoms with E-state index in [0.29, 0.717) is 13.2 Å². The number of rotatable bonds is 2. The fourth-order valence-corrected chi connectivity index (χ4v) is 4.26. The number of hydrogen-bond acceptors (Lipinski definition) is 4. The third-order valence-corrected chi connectivity index (χ3v) is 5.34. The highest BCUT2D eigenvalue weighted by atomic mass is 32.2. The third-order valence-electron chi connectivity index (χ3n) is 3.49. The molecule has 2 aliphatic rings. The van der Waals surface area contributed by atoms with Crippen LogP contribution in [-0.4, -0.2) is 48.0 Å². The van der Waals surface area contributed by atoms with Crippen molar-refractivity contribution in [2.24, 2.45) is 0 Å². The number of H-pyrrole nitrogens is 1. The van der Waals surface area contributed by atoms with E-state index in [1.807, 2.05) is 0 Å². The molecule has 2 fully saturated rings. The van der Waals surface area contributed by atoms with Crippen LogP contribution < -0.4 is 0 Å². The maximum atomic E-state index is 12.4. The van der Waals surface area contributed by atoms with Crippen molar-refractivity contribution < 1.29 is 13.2 Å². The molecule has 1 saturated carbocycles. The van der Waals surface area contributed by atoms with Crippen molar-refractivity contribution in [2.75, 3.05) is 13.2 Å². The number of imidazole rings is 1. The summed E-state index contributed by atoms with van der Waals surface area (Å²) in [5.74, 6) is 0. The van der Waals surface area contributed by atoms with Crippen LogP contribution >= 0.6 is 0 Å². The Bertz CT molecular complexity index is 485. The lowest BCUT2D eigenvalue weighted by atomic mass is 10.2. The molecular weight excluding hydrogens is 242 g/mol. The van der Waals surface area contributed by atoms with Gasteiger partial charge in [0.05, 0.1) is 31.3 Å². The summed E-state index contributed by atoms with van der Waals surface area (Å²) in [6.45, 7) is 0.914. The minimum Gasteiger partial charge on any atom is -0.375 e. The van der Waals surface area contributed by atoms with Crippen LogP contribution in [-0.2, 0) is 14.8 Å². The Morgan fingerprint density at radius 3 is 3.12 bits per heavy atom. The number of ether oxygens (including phenoxy) is 1. The molecule has 17 heavy (non-hydrogen) atoms. The van der Waals surface area contributed by atoms with Crippen LogP contribution in [0.15, 0.2) is 17.6 Å². The highest BCUT2D eigenvalue weighted by Gasteiger charge is 2.42. The van der Waals surface area contributed by atoms with Gasteiger partial charge >= 0.3 is 0 Å². The minimum absolute atomic E-state index is 0.00273. The number of hydrogen-bond donors (Lipinski definition) is 1. The molecule has 0 spiro atoms. The fraction of sp³-hybridized carbons (Fsp3) is 0.700. The maximum absolute atomic E-state index is 12.4. The van der Waals surface area contributed by atoms with Crippen molar-refractivity contribution in [2.45, 2.75) is 36.4 Å². The molecule has 1 aromatic heterocycles. The molecule has 6 nitrogen and oxygen atoms in total. The molecule has 94 valence electrons. The first kappa shape index (κ1) is 11.2. The lowest BCUT2D eigenvalue weighted by molar-refractivity contribution is -0.0242. The molecule has 1 aliphatic heterocycles. The SMILES string of the molecule is O=S(=O)(c1cnc[nH]1)N1CCOC2CCCC21. The molecule has 0 aromatic carbocycles. The highest BCUT2D eigenvalue weighted by Crippen LogP contribution is 2.32. The van der Waals surface area contributed by atoms with E-state index >= 15 is 0 Å². The monoisotopic (exact) mass is 257 g/mol. The van der Waals surface area contributed by atoms with Gasteiger partial charge in [0, 0.05) is 6.54 Å². The second kappa shape index (κ2) is 4.08. The summed E-state index contributed by atoms with van der Waals surface area (Å²) in [6.07, 6.45) is 5.69. The molecule has 3 rings (SSSR count). The van der Waals surface area contributed by atoms with E-state index in [-0.39, 0.29) is 17.2 Å². The fourth-order valence-electron chi connectivity index (χ4n) is 2.70. The minimum atomic E-state index is -3.44. The second-order valence-electron chi connectivity index (χ2n) is 4.44. The lowest BCUT2D eigenvalue weighted by Gasteiger charge is -2.36. The Morgan fingerprint density at radius 1 is 1.47 bits per heavy atom. The normalized spacial score (nSPS) is 30.4. The molecular formula is C10H15N3O3S. The van der Waals surface area contributed by atoms with Crippen LogP contribution in [0.4, 0.5) is 0 Å². The van der Waals surface area contributed by atoms with Crippen molar-refractivity contribution >= 4 is 10.0 Å². The molecule has 0 radical (unpaired) electrons. The van der Waals surface area contributed by atoms with Crippen molar-refractivity contribution in [3.63, 3.8) is 0 Å². The topological polar surface area (TPSA) is 75.3 Å². The van der Waals surface area contributed by atoms with Gasteiger partial charge in [-0.05, 0) is 19.3 Å². The van der Waals surface area contributed by atoms with Crippen molar-refractivity contribution in [1.29, 1.82) is 0 Å². The first-order valence-corrected chi connectivity index (χ1v) is 7.25. The highest BCUT2D eigenvalue weighted by molar-refractivity contribution is 7.89. The summed E-state index contributed by atoms with van der Waals surface area (Å²) in [6, 6.07) is -0.00273. The molecule has 2 unspecified atom stereocenters. The molecule has 1 aromatic rings. The second-order valence-corrected chi connectivity index (χ2v) is 6.30. The zero-order chi connectivity index (χ0) is 11.9. The van der Waals surface area contributed by atoms with Crippen molar-refractivity contribution in [1.82, 2.24) is 14.3 Å². The third kappa shape index (κ3) is 1.78. The van der Waals surface area contributed by atoms with Gasteiger partial charge in [-0.15, -0.1) is 0 Å². The van der Waals surface area contributed by atoms with E-state index in [1.54, 1.807) is 4.31 Å². The summed E-state index contributed by atoms with van der Waals surface area (Å²) < 4.78 is 32.0. The summed E-state index contributed by atoms with van der Waals surface area (Å²) in [4.78, 5) is 6.45. The van der Waals surface area contributed by atoms with Gasteiger partial charge in [-0.25, -0.2) is 13.4 Å². The lowest BCUT2D eigenvalue weighted by Crippen LogP contribution is -2.51. The van der Waals surface area contributed by atoms with E-state index in [2.05, 4.69) is 9.97 Å². The quantitative estimate of drug-likeness (QED) is 0.829. The number of sulfonamides is 1. The standard InChI is InChI=1S/C10H15N3O3S/c14-17(15,10-6-11-7-12-10)13-4-5-16-9-3-1-2-8(9)13/h6-9H,1-5H2,(H,11,12). The Morgan fingerprint density at radius 2 is 2.35 bits per heavy atom. The summed E-state index contributed by atoms with van der Waals surface area (Å²) in [7, 11) is -3.44. The number of nitrogens with one attached hydrogen (secondary N) is 1. The Hall–Kier alpha value is -0.920. The van der Waals surface area contributed by atoms with Gasteiger partial charge < -0.3 is 9.72 Å². The summed E-state index contributed by atoms with van der Waals surface area (Å²) >= 11 is 0. The van der Waals surface area contributed by atoms with Gasteiger partial charge in [-0.2, -0.15) is 4.31 Å². The van der Waals surface area contributed by atoms with Crippen LogP contribution in [0, 0.1) is 0 Å². The maximum Gasteiger partial charge on any atom is 0.260 e. The Labute approximate surface area is 100 Å². The van der Waals surface area contributed by atoms with Crippen LogP contribution in [0.25, 0.3) is 0 Å².